The molecule has 1 rings (SSSR count). The molecule has 0 aliphatic heterocycles. The summed E-state index contributed by atoms with van der Waals surface area (Å²) in [4.78, 5) is 11.0. The van der Waals surface area contributed by atoms with Crippen molar-refractivity contribution >= 4 is 11.7 Å². The van der Waals surface area contributed by atoms with Crippen LogP contribution in [-0.2, 0) is 9.53 Å². The molecule has 1 aromatic carbocycles. The zero-order valence-corrected chi connectivity index (χ0v) is 8.84. The van der Waals surface area contributed by atoms with Gasteiger partial charge in [0.2, 0.25) is 0 Å². The van der Waals surface area contributed by atoms with Gasteiger partial charge in [-0.1, -0.05) is 6.07 Å². The van der Waals surface area contributed by atoms with Gasteiger partial charge in [0.05, 0.1) is 12.3 Å². The third-order valence-electron chi connectivity index (χ3n) is 1.85. The van der Waals surface area contributed by atoms with Gasteiger partial charge in [0.1, 0.15) is 12.4 Å². The van der Waals surface area contributed by atoms with Crippen molar-refractivity contribution in [2.24, 2.45) is 0 Å². The number of hydrogen-bond donors (Lipinski definition) is 1. The Morgan fingerprint density at radius 1 is 1.53 bits per heavy atom. The van der Waals surface area contributed by atoms with E-state index in [-0.39, 0.29) is 12.4 Å². The summed E-state index contributed by atoms with van der Waals surface area (Å²) >= 11 is 0. The van der Waals surface area contributed by atoms with E-state index in [0.717, 1.165) is 5.56 Å². The number of rotatable bonds is 4. The predicted octanol–water partition coefficient (Wildman–Crippen LogP) is 2.11. The van der Waals surface area contributed by atoms with Crippen molar-refractivity contribution in [1.29, 1.82) is 0 Å². The van der Waals surface area contributed by atoms with Crippen molar-refractivity contribution in [2.45, 2.75) is 13.8 Å². The molecule has 0 bridgehead atoms. The van der Waals surface area contributed by atoms with Gasteiger partial charge in [0, 0.05) is 0 Å². The molecule has 0 atom stereocenters. The summed E-state index contributed by atoms with van der Waals surface area (Å²) in [6, 6.07) is 4.68. The summed E-state index contributed by atoms with van der Waals surface area (Å²) < 4.78 is 17.9. The van der Waals surface area contributed by atoms with Gasteiger partial charge in [-0.05, 0) is 31.5 Å². The number of benzene rings is 1. The van der Waals surface area contributed by atoms with Crippen LogP contribution in [0.5, 0.6) is 0 Å². The topological polar surface area (TPSA) is 38.3 Å². The van der Waals surface area contributed by atoms with Crippen molar-refractivity contribution in [3.63, 3.8) is 0 Å². The standard InChI is InChI=1S/C11H14FNO2/c1-3-15-11(14)7-13-10-6-8(2)4-5-9(10)12/h4-6,13H,3,7H2,1-2H3. The molecule has 0 saturated heterocycles. The van der Waals surface area contributed by atoms with Crippen LogP contribution in [0.15, 0.2) is 18.2 Å². The zero-order chi connectivity index (χ0) is 11.3. The van der Waals surface area contributed by atoms with Crippen molar-refractivity contribution < 1.29 is 13.9 Å². The lowest BCUT2D eigenvalue weighted by Crippen LogP contribution is -2.17. The molecule has 0 fully saturated rings. The van der Waals surface area contributed by atoms with Gasteiger partial charge in [-0.3, -0.25) is 4.79 Å². The third kappa shape index (κ3) is 3.58. The van der Waals surface area contributed by atoms with E-state index in [1.165, 1.54) is 6.07 Å². The minimum absolute atomic E-state index is 0.0196. The van der Waals surface area contributed by atoms with E-state index in [1.54, 1.807) is 19.1 Å². The summed E-state index contributed by atoms with van der Waals surface area (Å²) in [6.07, 6.45) is 0. The summed E-state index contributed by atoms with van der Waals surface area (Å²) in [5.74, 6) is -0.761. The molecule has 3 nitrogen and oxygen atoms in total. The highest BCUT2D eigenvalue weighted by Gasteiger charge is 2.05. The highest BCUT2D eigenvalue weighted by atomic mass is 19.1. The first kappa shape index (κ1) is 11.5. The Balaban J connectivity index is 2.57. The second kappa shape index (κ2) is 5.34. The number of aryl methyl sites for hydroxylation is 1. The number of halogens is 1. The van der Waals surface area contributed by atoms with Gasteiger partial charge >= 0.3 is 5.97 Å². The van der Waals surface area contributed by atoms with Crippen molar-refractivity contribution in [3.8, 4) is 0 Å². The smallest absolute Gasteiger partial charge is 0.325 e. The molecule has 0 aliphatic carbocycles. The van der Waals surface area contributed by atoms with Gasteiger partial charge < -0.3 is 10.1 Å². The monoisotopic (exact) mass is 211 g/mol. The zero-order valence-electron chi connectivity index (χ0n) is 8.84. The molecule has 15 heavy (non-hydrogen) atoms. The van der Waals surface area contributed by atoms with E-state index in [4.69, 9.17) is 4.74 Å². The molecule has 1 aromatic rings. The largest absolute Gasteiger partial charge is 0.465 e. The van der Waals surface area contributed by atoms with Crippen molar-refractivity contribution in [2.75, 3.05) is 18.5 Å². The van der Waals surface area contributed by atoms with Crippen LogP contribution in [0, 0.1) is 12.7 Å². The fourth-order valence-corrected chi connectivity index (χ4v) is 1.15. The molecule has 0 amide bonds. The molecule has 0 aliphatic rings. The quantitative estimate of drug-likeness (QED) is 0.775. The maximum Gasteiger partial charge on any atom is 0.325 e. The van der Waals surface area contributed by atoms with Gasteiger partial charge in [0.15, 0.2) is 0 Å². The lowest BCUT2D eigenvalue weighted by molar-refractivity contribution is -0.140. The van der Waals surface area contributed by atoms with Crippen LogP contribution >= 0.6 is 0 Å². The Kier molecular flexibility index (Phi) is 4.09. The molecule has 0 heterocycles. The lowest BCUT2D eigenvalue weighted by atomic mass is 10.2. The Morgan fingerprint density at radius 3 is 2.93 bits per heavy atom. The maximum absolute atomic E-state index is 13.2. The molecule has 0 aromatic heterocycles. The number of carbonyl (C=O) groups excluding carboxylic acids is 1. The number of anilines is 1. The maximum atomic E-state index is 13.2. The molecule has 0 radical (unpaired) electrons. The highest BCUT2D eigenvalue weighted by Crippen LogP contribution is 2.14. The SMILES string of the molecule is CCOC(=O)CNc1cc(C)ccc1F. The van der Waals surface area contributed by atoms with Gasteiger partial charge in [-0.25, -0.2) is 4.39 Å². The van der Waals surface area contributed by atoms with Crippen LogP contribution in [0.25, 0.3) is 0 Å². The van der Waals surface area contributed by atoms with Gasteiger partial charge in [-0.2, -0.15) is 0 Å². The second-order valence-corrected chi connectivity index (χ2v) is 3.14. The van der Waals surface area contributed by atoms with Crippen LogP contribution in [0.2, 0.25) is 0 Å². The minimum Gasteiger partial charge on any atom is -0.465 e. The van der Waals surface area contributed by atoms with Gasteiger partial charge in [-0.15, -0.1) is 0 Å². The van der Waals surface area contributed by atoms with Crippen LogP contribution in [0.1, 0.15) is 12.5 Å². The first-order chi connectivity index (χ1) is 7.13. The van der Waals surface area contributed by atoms with Crippen LogP contribution in [-0.4, -0.2) is 19.1 Å². The fraction of sp³-hybridized carbons (Fsp3) is 0.364. The Morgan fingerprint density at radius 2 is 2.27 bits per heavy atom. The summed E-state index contributed by atoms with van der Waals surface area (Å²) in [6.45, 7) is 3.89. The van der Waals surface area contributed by atoms with Crippen molar-refractivity contribution in [3.05, 3.63) is 29.6 Å². The normalized spacial score (nSPS) is 9.80. The first-order valence-corrected chi connectivity index (χ1v) is 4.79. The Labute approximate surface area is 88.2 Å². The fourth-order valence-electron chi connectivity index (χ4n) is 1.15. The molecule has 0 spiro atoms. The average Bonchev–Trinajstić information content (AvgIpc) is 2.20. The summed E-state index contributed by atoms with van der Waals surface area (Å²) in [7, 11) is 0. The molecule has 82 valence electrons. The minimum atomic E-state index is -0.390. The molecular formula is C11H14FNO2. The number of hydrogen-bond acceptors (Lipinski definition) is 3. The van der Waals surface area contributed by atoms with Crippen LogP contribution in [0.3, 0.4) is 0 Å². The predicted molar refractivity (Wildman–Crippen MR) is 56.3 cm³/mol. The first-order valence-electron chi connectivity index (χ1n) is 4.79. The summed E-state index contributed by atoms with van der Waals surface area (Å²) in [5, 5.41) is 2.69. The average molecular weight is 211 g/mol. The highest BCUT2D eigenvalue weighted by molar-refractivity contribution is 5.75. The van der Waals surface area contributed by atoms with Crippen LogP contribution in [0.4, 0.5) is 10.1 Å². The molecule has 1 N–H and O–H groups in total. The van der Waals surface area contributed by atoms with E-state index < -0.39 is 5.97 Å². The second-order valence-electron chi connectivity index (χ2n) is 3.14. The molecule has 0 unspecified atom stereocenters. The van der Waals surface area contributed by atoms with Crippen molar-refractivity contribution in [1.82, 2.24) is 0 Å². The number of carbonyl (C=O) groups is 1. The molecule has 0 saturated carbocycles. The van der Waals surface area contributed by atoms with E-state index in [1.807, 2.05) is 6.92 Å². The third-order valence-corrected chi connectivity index (χ3v) is 1.85. The van der Waals surface area contributed by atoms with Crippen LogP contribution < -0.4 is 5.32 Å². The van der Waals surface area contributed by atoms with Gasteiger partial charge in [0.25, 0.3) is 0 Å². The number of esters is 1. The molecular weight excluding hydrogens is 197 g/mol. The van der Waals surface area contributed by atoms with E-state index >= 15 is 0 Å². The number of nitrogens with one attached hydrogen (secondary N) is 1. The van der Waals surface area contributed by atoms with E-state index in [0.29, 0.717) is 12.3 Å². The Hall–Kier alpha value is -1.58. The molecule has 4 heteroatoms. The van der Waals surface area contributed by atoms with E-state index in [9.17, 15) is 9.18 Å². The lowest BCUT2D eigenvalue weighted by Gasteiger charge is -2.07. The number of ether oxygens (including phenoxy) is 1. The van der Waals surface area contributed by atoms with E-state index in [2.05, 4.69) is 5.32 Å². The summed E-state index contributed by atoms with van der Waals surface area (Å²) in [5.41, 5.74) is 1.26. The Bertz CT molecular complexity index is 352.